The summed E-state index contributed by atoms with van der Waals surface area (Å²) in [6.07, 6.45) is 2.43. The Bertz CT molecular complexity index is 461. The van der Waals surface area contributed by atoms with Gasteiger partial charge in [0.05, 0.1) is 18.6 Å². The summed E-state index contributed by atoms with van der Waals surface area (Å²) in [5, 5.41) is 0. The van der Waals surface area contributed by atoms with Gasteiger partial charge in [-0.05, 0) is 43.0 Å². The van der Waals surface area contributed by atoms with E-state index in [-0.39, 0.29) is 16.7 Å². The molecule has 0 saturated heterocycles. The highest BCUT2D eigenvalue weighted by Crippen LogP contribution is 2.36. The molecule has 0 heterocycles. The van der Waals surface area contributed by atoms with Crippen LogP contribution in [0.4, 0.5) is 18.9 Å². The molecule has 1 amide bonds. The van der Waals surface area contributed by atoms with Crippen LogP contribution >= 0.6 is 11.8 Å². The fourth-order valence-electron chi connectivity index (χ4n) is 1.12. The number of rotatable bonds is 6. The van der Waals surface area contributed by atoms with Gasteiger partial charge >= 0.3 is 5.51 Å². The van der Waals surface area contributed by atoms with Crippen LogP contribution in [0.1, 0.15) is 6.92 Å². The van der Waals surface area contributed by atoms with E-state index in [0.717, 1.165) is 0 Å². The highest BCUT2D eigenvalue weighted by molar-refractivity contribution is 8.00. The number of benzene rings is 1. The van der Waals surface area contributed by atoms with Crippen LogP contribution in [0.2, 0.25) is 0 Å². The van der Waals surface area contributed by atoms with Crippen molar-refractivity contribution in [2.24, 2.45) is 0 Å². The molecule has 0 aromatic heterocycles. The van der Waals surface area contributed by atoms with Crippen LogP contribution in [0.3, 0.4) is 0 Å². The molecule has 1 aromatic rings. The molecular weight excluding hydrogens is 293 g/mol. The molecule has 8 heteroatoms. The summed E-state index contributed by atoms with van der Waals surface area (Å²) in [5.74, 6) is -0.438. The number of alkyl halides is 3. The van der Waals surface area contributed by atoms with Gasteiger partial charge in [-0.3, -0.25) is 15.6 Å². The van der Waals surface area contributed by atoms with Gasteiger partial charge in [0.2, 0.25) is 0 Å². The molecule has 0 bridgehead atoms. The quantitative estimate of drug-likeness (QED) is 0.366. The van der Waals surface area contributed by atoms with Gasteiger partial charge in [0.15, 0.2) is 0 Å². The molecule has 2 N–H and O–H groups in total. The zero-order chi connectivity index (χ0) is 15.0. The normalized spacial score (nSPS) is 11.4. The van der Waals surface area contributed by atoms with Gasteiger partial charge in [0.25, 0.3) is 5.91 Å². The van der Waals surface area contributed by atoms with Crippen molar-refractivity contribution in [1.29, 1.82) is 0 Å². The lowest BCUT2D eigenvalue weighted by atomic mass is 10.3. The lowest BCUT2D eigenvalue weighted by Crippen LogP contribution is -2.27. The van der Waals surface area contributed by atoms with Crippen molar-refractivity contribution in [2.45, 2.75) is 17.3 Å². The fourth-order valence-corrected chi connectivity index (χ4v) is 1.66. The Morgan fingerprint density at radius 3 is 2.55 bits per heavy atom. The lowest BCUT2D eigenvalue weighted by Gasteiger charge is -2.08. The molecule has 4 nitrogen and oxygen atoms in total. The van der Waals surface area contributed by atoms with Crippen LogP contribution in [0.25, 0.3) is 0 Å². The molecule has 0 radical (unpaired) electrons. The van der Waals surface area contributed by atoms with Gasteiger partial charge in [-0.1, -0.05) is 0 Å². The van der Waals surface area contributed by atoms with Gasteiger partial charge in [-0.15, -0.1) is 0 Å². The third-order valence-corrected chi connectivity index (χ3v) is 2.64. The van der Waals surface area contributed by atoms with Crippen LogP contribution in [0.15, 0.2) is 41.5 Å². The van der Waals surface area contributed by atoms with E-state index in [9.17, 15) is 18.0 Å². The number of thioether (sulfide) groups is 1. The van der Waals surface area contributed by atoms with E-state index in [1.165, 1.54) is 36.6 Å². The van der Waals surface area contributed by atoms with Crippen molar-refractivity contribution in [1.82, 2.24) is 5.43 Å². The maximum atomic E-state index is 12.1. The zero-order valence-corrected chi connectivity index (χ0v) is 11.3. The number of carbonyl (C=O) groups is 1. The maximum Gasteiger partial charge on any atom is 0.446 e. The Morgan fingerprint density at radius 2 is 2.00 bits per heavy atom. The summed E-state index contributed by atoms with van der Waals surface area (Å²) in [6, 6.07) is 5.48. The number of anilines is 1. The van der Waals surface area contributed by atoms with Gasteiger partial charge < -0.3 is 4.74 Å². The monoisotopic (exact) mass is 306 g/mol. The summed E-state index contributed by atoms with van der Waals surface area (Å²) >= 11 is -0.195. The van der Waals surface area contributed by atoms with Gasteiger partial charge in [0, 0.05) is 11.0 Å². The number of nitrogens with one attached hydrogen (secondary N) is 2. The zero-order valence-electron chi connectivity index (χ0n) is 10.5. The number of hydrazine groups is 1. The van der Waals surface area contributed by atoms with Crippen molar-refractivity contribution in [3.8, 4) is 0 Å². The van der Waals surface area contributed by atoms with Crippen molar-refractivity contribution >= 4 is 23.4 Å². The van der Waals surface area contributed by atoms with Crippen molar-refractivity contribution < 1.29 is 22.7 Å². The predicted molar refractivity (Wildman–Crippen MR) is 70.9 cm³/mol. The summed E-state index contributed by atoms with van der Waals surface area (Å²) in [6.45, 7) is 2.23. The summed E-state index contributed by atoms with van der Waals surface area (Å²) in [5.41, 5.74) is 1.06. The second-order valence-electron chi connectivity index (χ2n) is 3.44. The first-order valence-corrected chi connectivity index (χ1v) is 6.42. The number of hydrogen-bond donors (Lipinski definition) is 2. The third kappa shape index (κ3) is 6.93. The molecule has 0 aliphatic rings. The molecule has 0 spiro atoms. The van der Waals surface area contributed by atoms with E-state index in [2.05, 4.69) is 10.9 Å². The van der Waals surface area contributed by atoms with Crippen LogP contribution in [0, 0.1) is 0 Å². The molecule has 110 valence electrons. The van der Waals surface area contributed by atoms with Crippen LogP contribution in [-0.2, 0) is 9.53 Å². The number of carbonyl (C=O) groups excluding carboxylic acids is 1. The fraction of sp³-hybridized carbons (Fsp3) is 0.250. The van der Waals surface area contributed by atoms with Gasteiger partial charge in [0.1, 0.15) is 0 Å². The van der Waals surface area contributed by atoms with Crippen LogP contribution in [-0.4, -0.2) is 18.0 Å². The van der Waals surface area contributed by atoms with Gasteiger partial charge in [-0.2, -0.15) is 13.2 Å². The first-order valence-electron chi connectivity index (χ1n) is 5.60. The second-order valence-corrected chi connectivity index (χ2v) is 4.58. The SMILES string of the molecule is CCOC=CC(=O)NNc1ccc(SC(F)(F)F)cc1. The standard InChI is InChI=1S/C12H13F3N2O2S/c1-2-19-8-7-11(18)17-16-9-3-5-10(6-4-9)20-12(13,14)15/h3-8,16H,2H2,1H3,(H,17,18). The van der Waals surface area contributed by atoms with E-state index in [0.29, 0.717) is 12.3 Å². The lowest BCUT2D eigenvalue weighted by molar-refractivity contribution is -0.116. The minimum Gasteiger partial charge on any atom is -0.501 e. The van der Waals surface area contributed by atoms with E-state index in [4.69, 9.17) is 4.74 Å². The number of ether oxygens (including phenoxy) is 1. The predicted octanol–water partition coefficient (Wildman–Crippen LogP) is 3.29. The summed E-state index contributed by atoms with van der Waals surface area (Å²) in [4.78, 5) is 11.3. The average molecular weight is 306 g/mol. The number of hydrogen-bond acceptors (Lipinski definition) is 4. The van der Waals surface area contributed by atoms with Crippen molar-refractivity contribution in [3.63, 3.8) is 0 Å². The van der Waals surface area contributed by atoms with Crippen LogP contribution < -0.4 is 10.9 Å². The molecule has 0 aliphatic heterocycles. The Balaban J connectivity index is 2.44. The smallest absolute Gasteiger partial charge is 0.446 e. The summed E-state index contributed by atoms with van der Waals surface area (Å²) < 4.78 is 41.2. The highest BCUT2D eigenvalue weighted by Gasteiger charge is 2.28. The average Bonchev–Trinajstić information content (AvgIpc) is 2.36. The molecule has 0 unspecified atom stereocenters. The number of halogens is 3. The molecule has 20 heavy (non-hydrogen) atoms. The molecule has 0 atom stereocenters. The van der Waals surface area contributed by atoms with Crippen LogP contribution in [0.5, 0.6) is 0 Å². The maximum absolute atomic E-state index is 12.1. The molecule has 0 fully saturated rings. The Hall–Kier alpha value is -1.83. The molecule has 1 rings (SSSR count). The molecule has 1 aromatic carbocycles. The number of amides is 1. The van der Waals surface area contributed by atoms with Gasteiger partial charge in [-0.25, -0.2) is 0 Å². The largest absolute Gasteiger partial charge is 0.501 e. The minimum absolute atomic E-state index is 0.0746. The first kappa shape index (κ1) is 16.2. The topological polar surface area (TPSA) is 50.4 Å². The Labute approximate surface area is 118 Å². The minimum atomic E-state index is -4.31. The first-order chi connectivity index (χ1) is 9.40. The summed E-state index contributed by atoms with van der Waals surface area (Å²) in [7, 11) is 0. The van der Waals surface area contributed by atoms with Crippen molar-refractivity contribution in [3.05, 3.63) is 36.6 Å². The van der Waals surface area contributed by atoms with E-state index < -0.39 is 11.4 Å². The molecule has 0 aliphatic carbocycles. The Kier molecular flexibility index (Phi) is 6.23. The second kappa shape index (κ2) is 7.68. The Morgan fingerprint density at radius 1 is 1.35 bits per heavy atom. The molecular formula is C12H13F3N2O2S. The highest BCUT2D eigenvalue weighted by atomic mass is 32.2. The van der Waals surface area contributed by atoms with E-state index in [1.54, 1.807) is 6.92 Å². The molecule has 0 saturated carbocycles. The van der Waals surface area contributed by atoms with Crippen molar-refractivity contribution in [2.75, 3.05) is 12.0 Å². The van der Waals surface area contributed by atoms with E-state index in [1.807, 2.05) is 0 Å². The third-order valence-electron chi connectivity index (χ3n) is 1.90. The van der Waals surface area contributed by atoms with E-state index >= 15 is 0 Å².